The highest BCUT2D eigenvalue weighted by molar-refractivity contribution is 5.99. The van der Waals surface area contributed by atoms with E-state index in [-0.39, 0.29) is 11.9 Å². The molecule has 1 atom stereocenters. The molecule has 6 heteroatoms. The van der Waals surface area contributed by atoms with Crippen LogP contribution in [0.2, 0.25) is 0 Å². The minimum Gasteiger partial charge on any atom is -0.497 e. The number of hydrogen-bond acceptors (Lipinski definition) is 4. The van der Waals surface area contributed by atoms with Crippen molar-refractivity contribution in [3.05, 3.63) is 89.4 Å². The highest BCUT2D eigenvalue weighted by Gasteiger charge is 2.27. The Balaban J connectivity index is 1.77. The van der Waals surface area contributed by atoms with E-state index in [0.717, 1.165) is 46.8 Å². The average molecular weight is 471 g/mol. The summed E-state index contributed by atoms with van der Waals surface area (Å²) in [5, 5.41) is 3.20. The second-order valence-corrected chi connectivity index (χ2v) is 8.94. The van der Waals surface area contributed by atoms with E-state index in [1.54, 1.807) is 7.11 Å². The van der Waals surface area contributed by atoms with Crippen LogP contribution in [-0.2, 0) is 6.54 Å². The molecule has 1 aromatic heterocycles. The van der Waals surface area contributed by atoms with Crippen molar-refractivity contribution in [3.63, 3.8) is 0 Å². The summed E-state index contributed by atoms with van der Waals surface area (Å²) in [5.41, 5.74) is 5.54. The molecule has 182 valence electrons. The second-order valence-electron chi connectivity index (χ2n) is 8.94. The molecule has 0 saturated heterocycles. The Kier molecular flexibility index (Phi) is 7.39. The maximum Gasteiger partial charge on any atom is 0.270 e. The predicted octanol–water partition coefficient (Wildman–Crippen LogP) is 5.69. The fourth-order valence-electron chi connectivity index (χ4n) is 4.44. The Morgan fingerprint density at radius 1 is 1.14 bits per heavy atom. The number of carbonyl (C=O) groups excluding carboxylic acids is 1. The first-order valence-corrected chi connectivity index (χ1v) is 12.1. The van der Waals surface area contributed by atoms with E-state index in [1.807, 2.05) is 66.1 Å². The number of nitrogens with zero attached hydrogens (tertiary/aromatic N) is 3. The Hall–Kier alpha value is -3.80. The van der Waals surface area contributed by atoms with Crippen LogP contribution >= 0.6 is 0 Å². The molecule has 1 N–H and O–H groups in total. The quantitative estimate of drug-likeness (QED) is 0.459. The number of aromatic nitrogens is 2. The van der Waals surface area contributed by atoms with Crippen LogP contribution in [0.15, 0.2) is 72.4 Å². The number of imidazole rings is 1. The molecular weight excluding hydrogens is 436 g/mol. The topological polar surface area (TPSA) is 59.4 Å². The molecule has 1 aliphatic carbocycles. The van der Waals surface area contributed by atoms with E-state index in [0.29, 0.717) is 12.2 Å². The third kappa shape index (κ3) is 5.16. The Bertz CT molecular complexity index is 1240. The summed E-state index contributed by atoms with van der Waals surface area (Å²) in [6.07, 6.45) is 6.24. The van der Waals surface area contributed by atoms with Crippen LogP contribution in [0.4, 0.5) is 0 Å². The largest absolute Gasteiger partial charge is 0.497 e. The van der Waals surface area contributed by atoms with Gasteiger partial charge in [0.2, 0.25) is 0 Å². The van der Waals surface area contributed by atoms with Crippen molar-refractivity contribution in [2.45, 2.75) is 39.3 Å². The van der Waals surface area contributed by atoms with Gasteiger partial charge in [-0.1, -0.05) is 48.5 Å². The van der Waals surface area contributed by atoms with Crippen molar-refractivity contribution in [1.29, 1.82) is 0 Å². The van der Waals surface area contributed by atoms with Crippen molar-refractivity contribution < 1.29 is 9.53 Å². The molecule has 35 heavy (non-hydrogen) atoms. The molecule has 0 spiro atoms. The van der Waals surface area contributed by atoms with Gasteiger partial charge < -0.3 is 19.5 Å². The lowest BCUT2D eigenvalue weighted by molar-refractivity contribution is 0.0930. The molecule has 1 aliphatic rings. The maximum absolute atomic E-state index is 13.8. The van der Waals surface area contributed by atoms with Crippen LogP contribution in [0.25, 0.3) is 17.0 Å². The summed E-state index contributed by atoms with van der Waals surface area (Å²) in [7, 11) is 5.76. The van der Waals surface area contributed by atoms with Crippen molar-refractivity contribution in [2.24, 2.45) is 0 Å². The molecule has 1 heterocycles. The van der Waals surface area contributed by atoms with Gasteiger partial charge in [-0.3, -0.25) is 4.79 Å². The minimum atomic E-state index is -0.171. The highest BCUT2D eigenvalue weighted by Crippen LogP contribution is 2.32. The predicted molar refractivity (Wildman–Crippen MR) is 141 cm³/mol. The number of benzene rings is 2. The fourth-order valence-corrected chi connectivity index (χ4v) is 4.44. The molecule has 0 fully saturated rings. The molecule has 3 aromatic rings. The van der Waals surface area contributed by atoms with Gasteiger partial charge in [0.05, 0.1) is 13.2 Å². The first-order valence-electron chi connectivity index (χ1n) is 12.1. The zero-order chi connectivity index (χ0) is 24.9. The molecule has 0 bridgehead atoms. The summed E-state index contributed by atoms with van der Waals surface area (Å²) in [6, 6.07) is 17.7. The van der Waals surface area contributed by atoms with Crippen molar-refractivity contribution in [1.82, 2.24) is 19.8 Å². The number of carbonyl (C=O) groups is 1. The molecule has 0 radical (unpaired) electrons. The zero-order valence-electron chi connectivity index (χ0n) is 21.2. The highest BCUT2D eigenvalue weighted by atomic mass is 16.5. The molecule has 0 saturated carbocycles. The summed E-state index contributed by atoms with van der Waals surface area (Å²) < 4.78 is 7.30. The van der Waals surface area contributed by atoms with Crippen LogP contribution in [0.5, 0.6) is 5.75 Å². The van der Waals surface area contributed by atoms with Gasteiger partial charge in [0.1, 0.15) is 23.0 Å². The van der Waals surface area contributed by atoms with Crippen molar-refractivity contribution in [2.75, 3.05) is 21.2 Å². The van der Waals surface area contributed by atoms with Gasteiger partial charge >= 0.3 is 0 Å². The first kappa shape index (κ1) is 24.3. The van der Waals surface area contributed by atoms with E-state index in [4.69, 9.17) is 9.72 Å². The molecule has 0 aliphatic heterocycles. The Morgan fingerprint density at radius 3 is 2.49 bits per heavy atom. The Labute approximate surface area is 207 Å². The molecule has 4 rings (SSSR count). The van der Waals surface area contributed by atoms with Crippen LogP contribution in [0.3, 0.4) is 0 Å². The smallest absolute Gasteiger partial charge is 0.270 e. The molecule has 6 nitrogen and oxygen atoms in total. The average Bonchev–Trinajstić information content (AvgIpc) is 3.29. The first-order chi connectivity index (χ1) is 16.9. The van der Waals surface area contributed by atoms with Crippen LogP contribution in [0.1, 0.15) is 54.5 Å². The molecule has 2 aromatic carbocycles. The minimum absolute atomic E-state index is 0.133. The van der Waals surface area contributed by atoms with E-state index >= 15 is 0 Å². The number of methoxy groups -OCH3 is 1. The summed E-state index contributed by atoms with van der Waals surface area (Å²) >= 11 is 0. The van der Waals surface area contributed by atoms with Gasteiger partial charge in [0.15, 0.2) is 0 Å². The number of allylic oxidation sites excluding steroid dienone is 4. The van der Waals surface area contributed by atoms with Crippen LogP contribution in [-0.4, -0.2) is 41.6 Å². The summed E-state index contributed by atoms with van der Waals surface area (Å²) in [4.78, 5) is 21.0. The number of hydrogen-bond donors (Lipinski definition) is 1. The molecule has 0 unspecified atom stereocenters. The van der Waals surface area contributed by atoms with Crippen LogP contribution < -0.4 is 10.1 Å². The monoisotopic (exact) mass is 470 g/mol. The zero-order valence-corrected chi connectivity index (χ0v) is 21.2. The van der Waals surface area contributed by atoms with Gasteiger partial charge in [0.25, 0.3) is 5.91 Å². The fraction of sp³-hybridized carbons (Fsp3) is 0.310. The molecule has 1 amide bonds. The summed E-state index contributed by atoms with van der Waals surface area (Å²) in [5.74, 6) is 1.46. The third-order valence-corrected chi connectivity index (χ3v) is 6.43. The summed E-state index contributed by atoms with van der Waals surface area (Å²) in [6.45, 7) is 4.68. The van der Waals surface area contributed by atoms with Gasteiger partial charge in [-0.2, -0.15) is 0 Å². The van der Waals surface area contributed by atoms with Gasteiger partial charge in [-0.25, -0.2) is 4.98 Å². The molecular formula is C29H34N4O2. The van der Waals surface area contributed by atoms with E-state index in [2.05, 4.69) is 43.4 Å². The van der Waals surface area contributed by atoms with Gasteiger partial charge in [0, 0.05) is 37.5 Å². The van der Waals surface area contributed by atoms with Crippen molar-refractivity contribution in [3.8, 4) is 17.1 Å². The van der Waals surface area contributed by atoms with Crippen molar-refractivity contribution >= 4 is 11.5 Å². The number of rotatable bonds is 8. The van der Waals surface area contributed by atoms with E-state index in [9.17, 15) is 4.79 Å². The van der Waals surface area contributed by atoms with Crippen LogP contribution in [0, 0.1) is 0 Å². The third-order valence-electron chi connectivity index (χ3n) is 6.43. The normalized spacial score (nSPS) is 14.1. The van der Waals surface area contributed by atoms with E-state index in [1.165, 1.54) is 5.70 Å². The Morgan fingerprint density at radius 2 is 1.86 bits per heavy atom. The standard InChI is InChI=1S/C29H34N4O2/c1-6-33-27(29(34)30-20(2)21-15-17-25(35-5)18-16-21)26(23-13-10-14-24(19-23)32(3)4)31-28(33)22-11-8-7-9-12-22/h7-9,11-13,15-20H,6,10,14H2,1-5H3,(H,30,34)/t20-/m0/s1. The number of nitrogens with one attached hydrogen (secondary N) is 1. The SMILES string of the molecule is CCn1c(-c2ccccc2)nc(C2=CCCC(N(C)C)=C2)c1C(=O)N[C@@H](C)c1ccc(OC)cc1. The second kappa shape index (κ2) is 10.6. The lowest BCUT2D eigenvalue weighted by atomic mass is 9.99. The lowest BCUT2D eigenvalue weighted by Gasteiger charge is -2.21. The van der Waals surface area contributed by atoms with E-state index < -0.39 is 0 Å². The number of amides is 1. The lowest BCUT2D eigenvalue weighted by Crippen LogP contribution is -2.29. The van der Waals surface area contributed by atoms with Gasteiger partial charge in [-0.05, 0) is 50.5 Å². The number of ether oxygens (including phenoxy) is 1. The maximum atomic E-state index is 13.8. The van der Waals surface area contributed by atoms with Gasteiger partial charge in [-0.15, -0.1) is 0 Å².